The molecule has 0 fully saturated rings. The molecule has 0 saturated heterocycles. The largest absolute Gasteiger partial charge is 0.508 e. The van der Waals surface area contributed by atoms with Crippen molar-refractivity contribution in [3.05, 3.63) is 29.6 Å². The van der Waals surface area contributed by atoms with E-state index >= 15 is 0 Å². The molecule has 2 N–H and O–H groups in total. The first-order valence-electron chi connectivity index (χ1n) is 6.30. The van der Waals surface area contributed by atoms with Crippen LogP contribution in [0, 0.1) is 5.82 Å². The number of hydrogen-bond acceptors (Lipinski definition) is 3. The summed E-state index contributed by atoms with van der Waals surface area (Å²) in [4.78, 5) is 11.9. The Morgan fingerprint density at radius 1 is 1.42 bits per heavy atom. The minimum Gasteiger partial charge on any atom is -0.508 e. The van der Waals surface area contributed by atoms with Crippen molar-refractivity contribution in [3.8, 4) is 5.75 Å². The lowest BCUT2D eigenvalue weighted by Gasteiger charge is -2.29. The molecule has 0 unspecified atom stereocenters. The van der Waals surface area contributed by atoms with Gasteiger partial charge in [0.25, 0.3) is 5.91 Å². The van der Waals surface area contributed by atoms with Crippen LogP contribution in [0.25, 0.3) is 0 Å². The number of phenols is 1. The normalized spacial score (nSPS) is 11.4. The maximum Gasteiger partial charge on any atom is 0.254 e. The summed E-state index contributed by atoms with van der Waals surface area (Å²) in [7, 11) is 0. The molecule has 0 aliphatic carbocycles. The van der Waals surface area contributed by atoms with Crippen molar-refractivity contribution in [2.45, 2.75) is 31.4 Å². The summed E-state index contributed by atoms with van der Waals surface area (Å²) < 4.78 is 13.5. The highest BCUT2D eigenvalue weighted by atomic mass is 32.2. The molecule has 0 radical (unpaired) electrons. The number of aromatic hydroxyl groups is 1. The number of phenolic OH excluding ortho intramolecular Hbond substituents is 1. The molecule has 19 heavy (non-hydrogen) atoms. The number of nitrogens with one attached hydrogen (secondary N) is 1. The highest BCUT2D eigenvalue weighted by molar-refractivity contribution is 8.00. The number of benzene rings is 1. The van der Waals surface area contributed by atoms with Crippen molar-refractivity contribution in [3.63, 3.8) is 0 Å². The molecule has 0 aliphatic heterocycles. The number of hydrogen-bond donors (Lipinski definition) is 2. The number of thioether (sulfide) groups is 1. The van der Waals surface area contributed by atoms with Crippen LogP contribution < -0.4 is 5.32 Å². The van der Waals surface area contributed by atoms with Gasteiger partial charge in [0.2, 0.25) is 0 Å². The summed E-state index contributed by atoms with van der Waals surface area (Å²) in [6.07, 6.45) is 3.88. The molecule has 0 bridgehead atoms. The minimum atomic E-state index is -0.708. The van der Waals surface area contributed by atoms with Gasteiger partial charge in [-0.25, -0.2) is 4.39 Å². The Morgan fingerprint density at radius 3 is 2.53 bits per heavy atom. The average molecular weight is 285 g/mol. The van der Waals surface area contributed by atoms with E-state index in [2.05, 4.69) is 19.2 Å². The molecule has 0 heterocycles. The molecule has 1 rings (SSSR count). The summed E-state index contributed by atoms with van der Waals surface area (Å²) in [6.45, 7) is 4.65. The standard InChI is InChI=1S/C14H20FNO2S/c1-4-14(5-2,19-3)9-16-13(18)11-7-6-10(17)8-12(11)15/h6-8,17H,4-5,9H2,1-3H3,(H,16,18). The third kappa shape index (κ3) is 3.86. The summed E-state index contributed by atoms with van der Waals surface area (Å²) in [5.74, 6) is -1.34. The number of halogens is 1. The van der Waals surface area contributed by atoms with Crippen molar-refractivity contribution in [1.82, 2.24) is 5.32 Å². The van der Waals surface area contributed by atoms with Gasteiger partial charge in [0.1, 0.15) is 11.6 Å². The third-order valence-electron chi connectivity index (χ3n) is 3.49. The summed E-state index contributed by atoms with van der Waals surface area (Å²) in [5.41, 5.74) is -0.0417. The second-order valence-electron chi connectivity index (χ2n) is 4.44. The molecule has 0 spiro atoms. The van der Waals surface area contributed by atoms with Crippen LogP contribution in [0.15, 0.2) is 18.2 Å². The highest BCUT2D eigenvalue weighted by Gasteiger charge is 2.26. The van der Waals surface area contributed by atoms with E-state index in [0.717, 1.165) is 18.9 Å². The van der Waals surface area contributed by atoms with Crippen molar-refractivity contribution in [2.75, 3.05) is 12.8 Å². The van der Waals surface area contributed by atoms with Crippen LogP contribution >= 0.6 is 11.8 Å². The Labute approximate surface area is 117 Å². The average Bonchev–Trinajstić information content (AvgIpc) is 2.40. The maximum atomic E-state index is 13.5. The predicted octanol–water partition coefficient (Wildman–Crippen LogP) is 3.18. The first-order valence-corrected chi connectivity index (χ1v) is 7.52. The predicted molar refractivity (Wildman–Crippen MR) is 77.2 cm³/mol. The second kappa shape index (κ2) is 6.80. The Morgan fingerprint density at radius 2 is 2.05 bits per heavy atom. The van der Waals surface area contributed by atoms with Crippen LogP contribution in [0.3, 0.4) is 0 Å². The van der Waals surface area contributed by atoms with Crippen LogP contribution in [0.2, 0.25) is 0 Å². The Hall–Kier alpha value is -1.23. The molecular weight excluding hydrogens is 265 g/mol. The zero-order valence-electron chi connectivity index (χ0n) is 11.5. The van der Waals surface area contributed by atoms with Crippen LogP contribution in [-0.2, 0) is 0 Å². The van der Waals surface area contributed by atoms with Crippen molar-refractivity contribution in [2.24, 2.45) is 0 Å². The van der Waals surface area contributed by atoms with Gasteiger partial charge in [-0.2, -0.15) is 11.8 Å². The molecule has 106 valence electrons. The monoisotopic (exact) mass is 285 g/mol. The summed E-state index contributed by atoms with van der Waals surface area (Å²) in [5, 5.41) is 11.9. The van der Waals surface area contributed by atoms with Gasteiger partial charge in [-0.05, 0) is 31.2 Å². The topological polar surface area (TPSA) is 49.3 Å². The first-order chi connectivity index (χ1) is 8.98. The van der Waals surface area contributed by atoms with E-state index in [1.165, 1.54) is 12.1 Å². The van der Waals surface area contributed by atoms with E-state index in [0.29, 0.717) is 6.54 Å². The van der Waals surface area contributed by atoms with Crippen molar-refractivity contribution >= 4 is 17.7 Å². The molecule has 0 aromatic heterocycles. The molecule has 3 nitrogen and oxygen atoms in total. The quantitative estimate of drug-likeness (QED) is 0.844. The van der Waals surface area contributed by atoms with Crippen LogP contribution in [0.4, 0.5) is 4.39 Å². The Kier molecular flexibility index (Phi) is 5.66. The highest BCUT2D eigenvalue weighted by Crippen LogP contribution is 2.29. The van der Waals surface area contributed by atoms with Gasteiger partial charge >= 0.3 is 0 Å². The van der Waals surface area contributed by atoms with Gasteiger partial charge in [0.05, 0.1) is 5.56 Å². The van der Waals surface area contributed by atoms with E-state index < -0.39 is 11.7 Å². The molecule has 1 amide bonds. The van der Waals surface area contributed by atoms with Crippen LogP contribution in [0.5, 0.6) is 5.75 Å². The summed E-state index contributed by atoms with van der Waals surface area (Å²) in [6, 6.07) is 3.54. The number of carbonyl (C=O) groups is 1. The van der Waals surface area contributed by atoms with Gasteiger partial charge in [0.15, 0.2) is 0 Å². The lowest BCUT2D eigenvalue weighted by Crippen LogP contribution is -2.39. The zero-order valence-corrected chi connectivity index (χ0v) is 12.3. The van der Waals surface area contributed by atoms with Crippen LogP contribution in [-0.4, -0.2) is 28.6 Å². The third-order valence-corrected chi connectivity index (χ3v) is 5.08. The van der Waals surface area contributed by atoms with Crippen LogP contribution in [0.1, 0.15) is 37.0 Å². The van der Waals surface area contributed by atoms with Gasteiger partial charge in [-0.1, -0.05) is 13.8 Å². The molecule has 1 aromatic carbocycles. The first kappa shape index (κ1) is 15.8. The number of amides is 1. The molecule has 0 atom stereocenters. The van der Waals surface area contributed by atoms with Crippen molar-refractivity contribution < 1.29 is 14.3 Å². The fraction of sp³-hybridized carbons (Fsp3) is 0.500. The van der Waals surface area contributed by atoms with E-state index in [1.807, 2.05) is 6.26 Å². The smallest absolute Gasteiger partial charge is 0.254 e. The molecular formula is C14H20FNO2S. The molecule has 5 heteroatoms. The molecule has 0 aliphatic rings. The second-order valence-corrected chi connectivity index (χ2v) is 5.72. The Balaban J connectivity index is 2.75. The van der Waals surface area contributed by atoms with Gasteiger partial charge in [-0.3, -0.25) is 4.79 Å². The number of rotatable bonds is 6. The lowest BCUT2D eigenvalue weighted by atomic mass is 10.0. The van der Waals surface area contributed by atoms with E-state index in [4.69, 9.17) is 5.11 Å². The molecule has 0 saturated carbocycles. The fourth-order valence-electron chi connectivity index (χ4n) is 1.89. The zero-order chi connectivity index (χ0) is 14.5. The number of carbonyl (C=O) groups excluding carboxylic acids is 1. The van der Waals surface area contributed by atoms with E-state index in [9.17, 15) is 9.18 Å². The van der Waals surface area contributed by atoms with E-state index in [1.54, 1.807) is 11.8 Å². The van der Waals surface area contributed by atoms with E-state index in [-0.39, 0.29) is 16.1 Å². The lowest BCUT2D eigenvalue weighted by molar-refractivity contribution is 0.0945. The van der Waals surface area contributed by atoms with Gasteiger partial charge < -0.3 is 10.4 Å². The summed E-state index contributed by atoms with van der Waals surface area (Å²) >= 11 is 1.71. The Bertz CT molecular complexity index is 439. The molecule has 1 aromatic rings. The van der Waals surface area contributed by atoms with Gasteiger partial charge in [-0.15, -0.1) is 0 Å². The minimum absolute atomic E-state index is 0.0109. The maximum absolute atomic E-state index is 13.5. The van der Waals surface area contributed by atoms with Crippen molar-refractivity contribution in [1.29, 1.82) is 0 Å². The fourth-order valence-corrected chi connectivity index (χ4v) is 2.68. The SMILES string of the molecule is CCC(CC)(CNC(=O)c1ccc(O)cc1F)SC. The van der Waals surface area contributed by atoms with Gasteiger partial charge in [0, 0.05) is 17.4 Å².